The van der Waals surface area contributed by atoms with E-state index in [9.17, 15) is 19.2 Å². The number of H-pyrrole nitrogens is 4. The molecule has 0 radical (unpaired) electrons. The van der Waals surface area contributed by atoms with Gasteiger partial charge in [-0.15, -0.1) is 0 Å². The minimum absolute atomic E-state index is 0.250. The fraction of sp³-hybridized carbons (Fsp3) is 0.615. The maximum Gasteiger partial charge on any atom is 0.305 e. The van der Waals surface area contributed by atoms with E-state index >= 15 is 0 Å². The molecule has 15 heteroatoms. The second-order valence-electron chi connectivity index (χ2n) is 18.4. The van der Waals surface area contributed by atoms with E-state index < -0.39 is 21.7 Å². The van der Waals surface area contributed by atoms with Crippen molar-refractivity contribution in [3.05, 3.63) is 94.1 Å². The van der Waals surface area contributed by atoms with Crippen LogP contribution in [0.1, 0.15) is 164 Å². The van der Waals surface area contributed by atoms with E-state index in [1.165, 1.54) is 28.4 Å². The van der Waals surface area contributed by atoms with Crippen molar-refractivity contribution in [2.24, 2.45) is 0 Å². The average Bonchev–Trinajstić information content (AvgIpc) is 4.19. The van der Waals surface area contributed by atoms with E-state index in [0.29, 0.717) is 103 Å². The molecule has 67 heavy (non-hydrogen) atoms. The number of nitrogens with one attached hydrogen (secondary N) is 4. The van der Waals surface area contributed by atoms with Crippen LogP contribution in [0.3, 0.4) is 0 Å². The Balaban J connectivity index is 0.000000789. The first-order valence-corrected chi connectivity index (χ1v) is 23.8. The standard InChI is InChI=1S/C44H60N4O8.C8H18O3/c1-41(25-9-13-37(49)53-5)29-17-19-31(45-29)42(2,26-10-14-38(50)54-6)33-21-23-35(47-33)44(4,28-12-16-40(52)56-8)36-24-22-34(48-36)43(3,27-11-15-39(51)55-7)32-20-18-30(41)46-32;1-3-4-10-7-8-11-6-5-9-2/h17-24,45-48H,9-16,25-28H2,1-8H3;3-8H2,1-2H3. The lowest BCUT2D eigenvalue weighted by Crippen LogP contribution is -2.30. The van der Waals surface area contributed by atoms with Crippen molar-refractivity contribution >= 4 is 23.9 Å². The molecule has 0 amide bonds. The predicted octanol–water partition coefficient (Wildman–Crippen LogP) is 8.99. The zero-order valence-electron chi connectivity index (χ0n) is 41.8. The SMILES string of the molecule is CCCOCCOCCOC.COC(=O)CCCC1(C)c2ccc([nH]2)C(C)(CCCC(=O)OC)c2ccc([nH]2)C(C)(CCCC(=O)OC)c2ccc([nH]2)C(C)(CCCC(=O)OC)c2ccc1[nH]2. The summed E-state index contributed by atoms with van der Waals surface area (Å²) < 4.78 is 35.2. The van der Waals surface area contributed by atoms with E-state index in [1.54, 1.807) is 7.11 Å². The average molecular weight is 935 g/mol. The van der Waals surface area contributed by atoms with E-state index in [-0.39, 0.29) is 23.9 Å². The number of carbonyl (C=O) groups is 4. The van der Waals surface area contributed by atoms with Gasteiger partial charge in [-0.25, -0.2) is 0 Å². The summed E-state index contributed by atoms with van der Waals surface area (Å²) in [5.74, 6) is -1.00. The van der Waals surface area contributed by atoms with E-state index in [1.807, 2.05) is 0 Å². The van der Waals surface area contributed by atoms with Gasteiger partial charge in [0, 0.05) is 107 Å². The van der Waals surface area contributed by atoms with Crippen LogP contribution in [0.25, 0.3) is 0 Å². The minimum Gasteiger partial charge on any atom is -0.469 e. The van der Waals surface area contributed by atoms with E-state index in [4.69, 9.17) is 33.2 Å². The first-order valence-electron chi connectivity index (χ1n) is 23.8. The summed E-state index contributed by atoms with van der Waals surface area (Å²) in [6, 6.07) is 17.1. The lowest BCUT2D eigenvalue weighted by atomic mass is 9.78. The normalized spacial score (nSPS) is 20.9. The van der Waals surface area contributed by atoms with Gasteiger partial charge in [-0.05, 0) is 134 Å². The van der Waals surface area contributed by atoms with Crippen LogP contribution in [0.2, 0.25) is 0 Å². The Morgan fingerprint density at radius 3 is 0.821 bits per heavy atom. The Labute approximate surface area is 397 Å². The van der Waals surface area contributed by atoms with Crippen molar-refractivity contribution in [1.29, 1.82) is 0 Å². The van der Waals surface area contributed by atoms with Crippen molar-refractivity contribution in [1.82, 2.24) is 19.9 Å². The van der Waals surface area contributed by atoms with Gasteiger partial charge in [-0.3, -0.25) is 19.2 Å². The van der Waals surface area contributed by atoms with Crippen LogP contribution in [-0.2, 0) is 74.0 Å². The number of carbonyl (C=O) groups excluding carboxylic acids is 4. The van der Waals surface area contributed by atoms with Crippen LogP contribution in [0, 0.1) is 0 Å². The quantitative estimate of drug-likeness (QED) is 0.0297. The summed E-state index contributed by atoms with van der Waals surface area (Å²) in [5.41, 5.74) is 5.72. The Bertz CT molecular complexity index is 1780. The van der Waals surface area contributed by atoms with Crippen LogP contribution in [-0.4, -0.2) is 112 Å². The smallest absolute Gasteiger partial charge is 0.305 e. The van der Waals surface area contributed by atoms with Gasteiger partial charge in [0.1, 0.15) is 0 Å². The molecule has 5 heterocycles. The third-order valence-electron chi connectivity index (χ3n) is 13.8. The lowest BCUT2D eigenvalue weighted by Gasteiger charge is -2.33. The molecule has 372 valence electrons. The summed E-state index contributed by atoms with van der Waals surface area (Å²) in [5, 5.41) is 0. The first kappa shape index (κ1) is 54.5. The summed E-state index contributed by atoms with van der Waals surface area (Å²) in [7, 11) is 7.31. The Kier molecular flexibility index (Phi) is 21.0. The van der Waals surface area contributed by atoms with Crippen molar-refractivity contribution in [3.8, 4) is 0 Å². The fourth-order valence-electron chi connectivity index (χ4n) is 9.17. The Morgan fingerprint density at radius 1 is 0.388 bits per heavy atom. The number of ether oxygens (including phenoxy) is 7. The van der Waals surface area contributed by atoms with Gasteiger partial charge in [0.2, 0.25) is 0 Å². The third kappa shape index (κ3) is 14.0. The molecule has 4 aromatic rings. The van der Waals surface area contributed by atoms with E-state index in [0.717, 1.165) is 58.6 Å². The van der Waals surface area contributed by atoms with Crippen LogP contribution in [0.5, 0.6) is 0 Å². The molecule has 0 aromatic carbocycles. The zero-order chi connectivity index (χ0) is 49.1. The number of esters is 4. The Hall–Kier alpha value is -5.12. The number of hydrogen-bond acceptors (Lipinski definition) is 11. The molecule has 5 rings (SSSR count). The van der Waals surface area contributed by atoms with Gasteiger partial charge >= 0.3 is 23.9 Å². The van der Waals surface area contributed by atoms with Gasteiger partial charge in [-0.2, -0.15) is 0 Å². The molecule has 0 atom stereocenters. The highest BCUT2D eigenvalue weighted by molar-refractivity contribution is 5.70. The third-order valence-corrected chi connectivity index (χ3v) is 13.8. The van der Waals surface area contributed by atoms with Crippen molar-refractivity contribution in [2.75, 3.05) is 68.6 Å². The maximum absolute atomic E-state index is 12.3. The zero-order valence-corrected chi connectivity index (χ0v) is 41.8. The van der Waals surface area contributed by atoms with Crippen molar-refractivity contribution in [2.45, 2.75) is 140 Å². The van der Waals surface area contributed by atoms with Crippen molar-refractivity contribution < 1.29 is 52.3 Å². The Morgan fingerprint density at radius 2 is 0.612 bits per heavy atom. The van der Waals surface area contributed by atoms with Crippen LogP contribution in [0.4, 0.5) is 0 Å². The molecule has 4 N–H and O–H groups in total. The van der Waals surface area contributed by atoms with Crippen LogP contribution in [0.15, 0.2) is 48.5 Å². The second-order valence-corrected chi connectivity index (χ2v) is 18.4. The molecular formula is C52H78N4O11. The topological polar surface area (TPSA) is 196 Å². The summed E-state index contributed by atoms with van der Waals surface area (Å²) in [6.45, 7) is 14.4. The van der Waals surface area contributed by atoms with Gasteiger partial charge in [0.15, 0.2) is 0 Å². The van der Waals surface area contributed by atoms with Gasteiger partial charge in [0.05, 0.1) is 54.9 Å². The molecule has 4 aromatic heterocycles. The molecule has 0 aliphatic carbocycles. The number of aromatic amines is 4. The van der Waals surface area contributed by atoms with Crippen LogP contribution < -0.4 is 0 Å². The molecule has 1 aliphatic rings. The number of aromatic nitrogens is 4. The molecule has 15 nitrogen and oxygen atoms in total. The van der Waals surface area contributed by atoms with Gasteiger partial charge in [0.25, 0.3) is 0 Å². The number of methoxy groups -OCH3 is 5. The van der Waals surface area contributed by atoms with Gasteiger partial charge < -0.3 is 53.1 Å². The summed E-state index contributed by atoms with van der Waals surface area (Å²) in [4.78, 5) is 64.6. The summed E-state index contributed by atoms with van der Waals surface area (Å²) >= 11 is 0. The number of fused-ring (bicyclic) bond motifs is 8. The maximum atomic E-state index is 12.3. The number of rotatable bonds is 24. The first-order chi connectivity index (χ1) is 32.1. The lowest BCUT2D eigenvalue weighted by molar-refractivity contribution is -0.141. The molecule has 0 unspecified atom stereocenters. The largest absolute Gasteiger partial charge is 0.469 e. The highest BCUT2D eigenvalue weighted by atomic mass is 16.5. The van der Waals surface area contributed by atoms with Crippen molar-refractivity contribution in [3.63, 3.8) is 0 Å². The molecule has 8 bridgehead atoms. The highest BCUT2D eigenvalue weighted by Gasteiger charge is 2.41. The monoisotopic (exact) mass is 935 g/mol. The highest BCUT2D eigenvalue weighted by Crippen LogP contribution is 2.46. The molecule has 1 aliphatic heterocycles. The molecule has 0 spiro atoms. The summed E-state index contributed by atoms with van der Waals surface area (Å²) in [6.07, 6.45) is 7.27. The van der Waals surface area contributed by atoms with Gasteiger partial charge in [-0.1, -0.05) is 6.92 Å². The molecule has 0 saturated heterocycles. The molecule has 0 fully saturated rings. The fourth-order valence-corrected chi connectivity index (χ4v) is 9.17. The van der Waals surface area contributed by atoms with Crippen LogP contribution >= 0.6 is 0 Å². The second kappa shape index (κ2) is 25.9. The molecular weight excluding hydrogens is 857 g/mol. The van der Waals surface area contributed by atoms with E-state index in [2.05, 4.69) is 103 Å². The minimum atomic E-state index is -0.554. The molecule has 0 saturated carbocycles. The number of hydrogen-bond donors (Lipinski definition) is 4. The predicted molar refractivity (Wildman–Crippen MR) is 256 cm³/mol.